The zero-order valence-electron chi connectivity index (χ0n) is 13.0. The van der Waals surface area contributed by atoms with Gasteiger partial charge in [0.15, 0.2) is 0 Å². The van der Waals surface area contributed by atoms with E-state index in [-0.39, 0.29) is 17.7 Å². The molecule has 4 heteroatoms. The molecule has 1 aliphatic heterocycles. The molecule has 1 saturated carbocycles. The van der Waals surface area contributed by atoms with Crippen LogP contribution < -0.4 is 5.32 Å². The Kier molecular flexibility index (Phi) is 4.76. The third-order valence-corrected chi connectivity index (χ3v) is 4.48. The molecule has 0 aromatic heterocycles. The summed E-state index contributed by atoms with van der Waals surface area (Å²) in [6.07, 6.45) is 5.41. The van der Waals surface area contributed by atoms with E-state index in [1.807, 2.05) is 35.2 Å². The molecule has 1 aromatic carbocycles. The topological polar surface area (TPSA) is 49.4 Å². The van der Waals surface area contributed by atoms with Gasteiger partial charge in [-0.05, 0) is 31.2 Å². The zero-order valence-corrected chi connectivity index (χ0v) is 13.0. The fraction of sp³-hybridized carbons (Fsp3) is 0.556. The molecule has 1 unspecified atom stereocenters. The Labute approximate surface area is 131 Å². The van der Waals surface area contributed by atoms with Gasteiger partial charge in [0, 0.05) is 31.5 Å². The van der Waals surface area contributed by atoms with Crippen molar-refractivity contribution in [3.05, 3.63) is 35.9 Å². The Bertz CT molecular complexity index is 525. The van der Waals surface area contributed by atoms with Crippen LogP contribution in [0.15, 0.2) is 30.3 Å². The summed E-state index contributed by atoms with van der Waals surface area (Å²) in [5, 5.41) is 3.00. The first kappa shape index (κ1) is 15.1. The summed E-state index contributed by atoms with van der Waals surface area (Å²) in [5.41, 5.74) is 1.15. The summed E-state index contributed by atoms with van der Waals surface area (Å²) in [4.78, 5) is 26.7. The summed E-state index contributed by atoms with van der Waals surface area (Å²) in [6.45, 7) is 1.45. The normalized spacial score (nSPS) is 22.3. The molecule has 1 aliphatic carbocycles. The highest BCUT2D eigenvalue weighted by Crippen LogP contribution is 2.24. The molecule has 22 heavy (non-hydrogen) atoms. The van der Waals surface area contributed by atoms with E-state index in [1.165, 1.54) is 0 Å². The maximum atomic E-state index is 12.7. The van der Waals surface area contributed by atoms with Crippen molar-refractivity contribution in [3.8, 4) is 0 Å². The minimum absolute atomic E-state index is 0.0439. The lowest BCUT2D eigenvalue weighted by molar-refractivity contribution is -0.138. The Balaban J connectivity index is 1.60. The van der Waals surface area contributed by atoms with Gasteiger partial charge in [0.05, 0.1) is 0 Å². The van der Waals surface area contributed by atoms with E-state index in [4.69, 9.17) is 0 Å². The number of rotatable bonds is 5. The van der Waals surface area contributed by atoms with Crippen LogP contribution in [0.2, 0.25) is 0 Å². The van der Waals surface area contributed by atoms with Crippen molar-refractivity contribution in [1.82, 2.24) is 10.2 Å². The van der Waals surface area contributed by atoms with Crippen molar-refractivity contribution in [2.75, 3.05) is 6.54 Å². The lowest BCUT2D eigenvalue weighted by Gasteiger charge is -2.24. The molecule has 2 amide bonds. The van der Waals surface area contributed by atoms with Gasteiger partial charge in [0.25, 0.3) is 0 Å². The monoisotopic (exact) mass is 300 g/mol. The molecule has 0 bridgehead atoms. The predicted molar refractivity (Wildman–Crippen MR) is 85.0 cm³/mol. The van der Waals surface area contributed by atoms with Crippen LogP contribution in [0, 0.1) is 5.92 Å². The molecule has 1 atom stereocenters. The van der Waals surface area contributed by atoms with Gasteiger partial charge in [0.2, 0.25) is 11.8 Å². The van der Waals surface area contributed by atoms with E-state index in [2.05, 4.69) is 5.32 Å². The maximum absolute atomic E-state index is 12.7. The standard InChI is InChI=1S/C18H24N2O2/c21-17(19-16-9-10-16)12-15-8-4-5-11-20(18(15)22)13-14-6-2-1-3-7-14/h1-3,6-7,15-16H,4-5,8-13H2,(H,19,21). The van der Waals surface area contributed by atoms with Crippen LogP contribution in [0.5, 0.6) is 0 Å². The first-order chi connectivity index (χ1) is 10.7. The van der Waals surface area contributed by atoms with Crippen LogP contribution in [0.25, 0.3) is 0 Å². The van der Waals surface area contributed by atoms with E-state index < -0.39 is 0 Å². The highest BCUT2D eigenvalue weighted by molar-refractivity contribution is 5.86. The molecular formula is C18H24N2O2. The van der Waals surface area contributed by atoms with Gasteiger partial charge in [-0.1, -0.05) is 36.8 Å². The van der Waals surface area contributed by atoms with E-state index in [0.29, 0.717) is 19.0 Å². The van der Waals surface area contributed by atoms with Crippen LogP contribution in [0.1, 0.15) is 44.1 Å². The number of likely N-dealkylation sites (tertiary alicyclic amines) is 1. The van der Waals surface area contributed by atoms with Crippen LogP contribution in [-0.2, 0) is 16.1 Å². The number of nitrogens with zero attached hydrogens (tertiary/aromatic N) is 1. The van der Waals surface area contributed by atoms with Gasteiger partial charge in [-0.25, -0.2) is 0 Å². The Morgan fingerprint density at radius 1 is 1.14 bits per heavy atom. The number of hydrogen-bond donors (Lipinski definition) is 1. The first-order valence-corrected chi connectivity index (χ1v) is 8.34. The molecule has 1 heterocycles. The smallest absolute Gasteiger partial charge is 0.226 e. The van der Waals surface area contributed by atoms with E-state index >= 15 is 0 Å². The van der Waals surface area contributed by atoms with Gasteiger partial charge in [-0.2, -0.15) is 0 Å². The molecule has 1 N–H and O–H groups in total. The van der Waals surface area contributed by atoms with Crippen LogP contribution in [0.4, 0.5) is 0 Å². The minimum Gasteiger partial charge on any atom is -0.353 e. The fourth-order valence-electron chi connectivity index (χ4n) is 3.07. The Morgan fingerprint density at radius 3 is 2.64 bits per heavy atom. The predicted octanol–water partition coefficient (Wildman–Crippen LogP) is 2.48. The molecule has 118 valence electrons. The molecule has 2 fully saturated rings. The van der Waals surface area contributed by atoms with Crippen molar-refractivity contribution in [1.29, 1.82) is 0 Å². The molecular weight excluding hydrogens is 276 g/mol. The van der Waals surface area contributed by atoms with Crippen molar-refractivity contribution >= 4 is 11.8 Å². The molecule has 0 spiro atoms. The highest BCUT2D eigenvalue weighted by atomic mass is 16.2. The van der Waals surface area contributed by atoms with Gasteiger partial charge in [-0.15, -0.1) is 0 Å². The number of amides is 2. The lowest BCUT2D eigenvalue weighted by Crippen LogP contribution is -2.37. The van der Waals surface area contributed by atoms with Crippen LogP contribution in [0.3, 0.4) is 0 Å². The third kappa shape index (κ3) is 4.09. The summed E-state index contributed by atoms with van der Waals surface area (Å²) < 4.78 is 0. The minimum atomic E-state index is -0.148. The average molecular weight is 300 g/mol. The molecule has 0 radical (unpaired) electrons. The number of hydrogen-bond acceptors (Lipinski definition) is 2. The second-order valence-electron chi connectivity index (χ2n) is 6.48. The Morgan fingerprint density at radius 2 is 1.91 bits per heavy atom. The average Bonchev–Trinajstić information content (AvgIpc) is 3.33. The summed E-state index contributed by atoms with van der Waals surface area (Å²) in [5.74, 6) is 0.0414. The second-order valence-corrected chi connectivity index (χ2v) is 6.48. The number of nitrogens with one attached hydrogen (secondary N) is 1. The van der Waals surface area contributed by atoms with Crippen LogP contribution in [-0.4, -0.2) is 29.3 Å². The Hall–Kier alpha value is -1.84. The van der Waals surface area contributed by atoms with E-state index in [9.17, 15) is 9.59 Å². The van der Waals surface area contributed by atoms with Crippen LogP contribution >= 0.6 is 0 Å². The summed E-state index contributed by atoms with van der Waals surface area (Å²) in [7, 11) is 0. The largest absolute Gasteiger partial charge is 0.353 e. The third-order valence-electron chi connectivity index (χ3n) is 4.48. The molecule has 2 aliphatic rings. The summed E-state index contributed by atoms with van der Waals surface area (Å²) >= 11 is 0. The molecule has 4 nitrogen and oxygen atoms in total. The summed E-state index contributed by atoms with van der Waals surface area (Å²) in [6, 6.07) is 10.4. The SMILES string of the molecule is O=C(CC1CCCCN(Cc2ccccc2)C1=O)NC1CC1. The van der Waals surface area contributed by atoms with Crippen molar-refractivity contribution in [3.63, 3.8) is 0 Å². The zero-order chi connectivity index (χ0) is 15.4. The molecule has 1 aromatic rings. The van der Waals surface area contributed by atoms with Crippen molar-refractivity contribution < 1.29 is 9.59 Å². The second kappa shape index (κ2) is 6.95. The fourth-order valence-corrected chi connectivity index (χ4v) is 3.07. The lowest BCUT2D eigenvalue weighted by atomic mass is 9.98. The van der Waals surface area contributed by atoms with Gasteiger partial charge in [0.1, 0.15) is 0 Å². The number of carbonyl (C=O) groups excluding carboxylic acids is 2. The van der Waals surface area contributed by atoms with E-state index in [0.717, 1.165) is 44.2 Å². The quantitative estimate of drug-likeness (QED) is 0.908. The van der Waals surface area contributed by atoms with Crippen molar-refractivity contribution in [2.24, 2.45) is 5.92 Å². The van der Waals surface area contributed by atoms with Crippen molar-refractivity contribution in [2.45, 2.75) is 51.1 Å². The van der Waals surface area contributed by atoms with Gasteiger partial charge < -0.3 is 10.2 Å². The first-order valence-electron chi connectivity index (χ1n) is 8.34. The van der Waals surface area contributed by atoms with Gasteiger partial charge in [-0.3, -0.25) is 9.59 Å². The highest BCUT2D eigenvalue weighted by Gasteiger charge is 2.30. The van der Waals surface area contributed by atoms with Gasteiger partial charge >= 0.3 is 0 Å². The molecule has 3 rings (SSSR count). The number of carbonyl (C=O) groups is 2. The number of benzene rings is 1. The van der Waals surface area contributed by atoms with E-state index in [1.54, 1.807) is 0 Å². The maximum Gasteiger partial charge on any atom is 0.226 e. The molecule has 1 saturated heterocycles.